The fourth-order valence-electron chi connectivity index (χ4n) is 2.60. The molecular weight excluding hydrogens is 310 g/mol. The number of phenolic OH excluding ortho intramolecular Hbond substituents is 1. The predicted octanol–water partition coefficient (Wildman–Crippen LogP) is 2.45. The Morgan fingerprint density at radius 3 is 2.84 bits per heavy atom. The smallest absolute Gasteiger partial charge is 0.255 e. The van der Waals surface area contributed by atoms with Crippen LogP contribution in [0.4, 0.5) is 0 Å². The Balaban J connectivity index is 1.70. The number of ether oxygens (including phenoxy) is 1. The average molecular weight is 326 g/mol. The monoisotopic (exact) mass is 325 g/mol. The summed E-state index contributed by atoms with van der Waals surface area (Å²) in [6.07, 6.45) is 3.40. The highest BCUT2D eigenvalue weighted by molar-refractivity contribution is 9.10. The molecule has 1 saturated heterocycles. The van der Waals surface area contributed by atoms with E-state index in [1.54, 1.807) is 12.1 Å². The van der Waals surface area contributed by atoms with E-state index in [9.17, 15) is 9.90 Å². The zero-order chi connectivity index (χ0) is 13.4. The third kappa shape index (κ3) is 2.77. The van der Waals surface area contributed by atoms with Crippen molar-refractivity contribution in [2.75, 3.05) is 6.61 Å². The fourth-order valence-corrected chi connectivity index (χ4v) is 2.95. The maximum Gasteiger partial charge on any atom is 0.255 e. The molecule has 2 fully saturated rings. The minimum atomic E-state index is -0.230. The second-order valence-corrected chi connectivity index (χ2v) is 6.12. The fraction of sp³-hybridized carbons (Fsp3) is 0.500. The van der Waals surface area contributed by atoms with Crippen LogP contribution in [0.2, 0.25) is 0 Å². The lowest BCUT2D eigenvalue weighted by Crippen LogP contribution is -2.41. The molecule has 0 radical (unpaired) electrons. The molecule has 2 unspecified atom stereocenters. The first-order chi connectivity index (χ1) is 9.15. The van der Waals surface area contributed by atoms with Crippen molar-refractivity contribution in [1.82, 2.24) is 5.32 Å². The number of halogens is 1. The Hall–Kier alpha value is -1.07. The Morgan fingerprint density at radius 1 is 1.37 bits per heavy atom. The van der Waals surface area contributed by atoms with E-state index in [1.807, 2.05) is 0 Å². The molecule has 5 heteroatoms. The molecule has 1 aliphatic carbocycles. The van der Waals surface area contributed by atoms with Crippen LogP contribution in [0, 0.1) is 5.92 Å². The maximum absolute atomic E-state index is 12.2. The van der Waals surface area contributed by atoms with E-state index in [-0.39, 0.29) is 23.8 Å². The molecule has 0 bridgehead atoms. The summed E-state index contributed by atoms with van der Waals surface area (Å²) in [5, 5.41) is 12.8. The zero-order valence-corrected chi connectivity index (χ0v) is 12.0. The van der Waals surface area contributed by atoms with Gasteiger partial charge in [-0.15, -0.1) is 0 Å². The maximum atomic E-state index is 12.2. The Morgan fingerprint density at radius 2 is 2.16 bits per heavy atom. The number of phenols is 1. The molecule has 2 atom stereocenters. The van der Waals surface area contributed by atoms with Crippen molar-refractivity contribution in [1.29, 1.82) is 0 Å². The second-order valence-electron chi connectivity index (χ2n) is 5.20. The van der Waals surface area contributed by atoms with E-state index in [4.69, 9.17) is 4.74 Å². The molecule has 102 valence electrons. The molecule has 1 aliphatic heterocycles. The number of carbonyl (C=O) groups is 1. The van der Waals surface area contributed by atoms with E-state index in [0.717, 1.165) is 10.9 Å². The van der Waals surface area contributed by atoms with Crippen LogP contribution in [0.3, 0.4) is 0 Å². The SMILES string of the molecule is O=C(NC1CCOC1C1CC1)c1ccc(Br)cc1O. The molecule has 1 amide bonds. The highest BCUT2D eigenvalue weighted by Crippen LogP contribution is 2.38. The largest absolute Gasteiger partial charge is 0.507 e. The lowest BCUT2D eigenvalue weighted by molar-refractivity contribution is 0.0728. The van der Waals surface area contributed by atoms with E-state index in [0.29, 0.717) is 18.1 Å². The van der Waals surface area contributed by atoms with Gasteiger partial charge in [0, 0.05) is 11.1 Å². The number of benzene rings is 1. The zero-order valence-electron chi connectivity index (χ0n) is 10.4. The summed E-state index contributed by atoms with van der Waals surface area (Å²) in [6.45, 7) is 0.707. The molecule has 19 heavy (non-hydrogen) atoms. The van der Waals surface area contributed by atoms with Crippen molar-refractivity contribution in [2.45, 2.75) is 31.4 Å². The molecule has 4 nitrogen and oxygen atoms in total. The van der Waals surface area contributed by atoms with Gasteiger partial charge in [0.15, 0.2) is 0 Å². The third-order valence-corrected chi connectivity index (χ3v) is 4.24. The van der Waals surface area contributed by atoms with E-state index in [2.05, 4.69) is 21.2 Å². The number of hydrogen-bond acceptors (Lipinski definition) is 3. The summed E-state index contributed by atoms with van der Waals surface area (Å²) in [5.74, 6) is 0.367. The summed E-state index contributed by atoms with van der Waals surface area (Å²) in [5.41, 5.74) is 0.310. The van der Waals surface area contributed by atoms with Crippen LogP contribution in [0.15, 0.2) is 22.7 Å². The summed E-state index contributed by atoms with van der Waals surface area (Å²) >= 11 is 3.26. The van der Waals surface area contributed by atoms with Gasteiger partial charge < -0.3 is 15.2 Å². The molecule has 2 aliphatic rings. The number of nitrogens with one attached hydrogen (secondary N) is 1. The minimum absolute atomic E-state index is 0.00578. The average Bonchev–Trinajstić information content (AvgIpc) is 3.10. The molecule has 1 aromatic rings. The van der Waals surface area contributed by atoms with Gasteiger partial charge in [0.2, 0.25) is 0 Å². The first-order valence-electron chi connectivity index (χ1n) is 6.56. The van der Waals surface area contributed by atoms with Gasteiger partial charge in [-0.3, -0.25) is 4.79 Å². The summed E-state index contributed by atoms with van der Waals surface area (Å²) < 4.78 is 6.44. The molecule has 1 aromatic carbocycles. The highest BCUT2D eigenvalue weighted by Gasteiger charge is 2.41. The van der Waals surface area contributed by atoms with Crippen LogP contribution < -0.4 is 5.32 Å². The number of amides is 1. The molecule has 0 spiro atoms. The Labute approximate surface area is 120 Å². The standard InChI is InChI=1S/C14H16BrNO3/c15-9-3-4-10(12(17)7-9)14(18)16-11-5-6-19-13(11)8-1-2-8/h3-4,7-8,11,13,17H,1-2,5-6H2,(H,16,18). The molecule has 0 aromatic heterocycles. The van der Waals surface area contributed by atoms with Gasteiger partial charge in [-0.05, 0) is 43.4 Å². The van der Waals surface area contributed by atoms with Crippen LogP contribution in [0.25, 0.3) is 0 Å². The van der Waals surface area contributed by atoms with Crippen molar-refractivity contribution >= 4 is 21.8 Å². The number of rotatable bonds is 3. The Kier molecular flexibility index (Phi) is 3.50. The quantitative estimate of drug-likeness (QED) is 0.897. The number of aromatic hydroxyl groups is 1. The van der Waals surface area contributed by atoms with E-state index in [1.165, 1.54) is 18.9 Å². The molecular formula is C14H16BrNO3. The van der Waals surface area contributed by atoms with Crippen molar-refractivity contribution in [2.24, 2.45) is 5.92 Å². The molecule has 3 rings (SSSR count). The van der Waals surface area contributed by atoms with E-state index < -0.39 is 0 Å². The van der Waals surface area contributed by atoms with Gasteiger partial charge in [0.05, 0.1) is 17.7 Å². The summed E-state index contributed by atoms with van der Waals surface area (Å²) in [6, 6.07) is 4.97. The van der Waals surface area contributed by atoms with Crippen LogP contribution in [-0.4, -0.2) is 29.8 Å². The van der Waals surface area contributed by atoms with Gasteiger partial charge in [-0.25, -0.2) is 0 Å². The Bertz CT molecular complexity index is 501. The van der Waals surface area contributed by atoms with Crippen LogP contribution in [0.1, 0.15) is 29.6 Å². The van der Waals surface area contributed by atoms with Crippen LogP contribution in [-0.2, 0) is 4.74 Å². The van der Waals surface area contributed by atoms with Crippen molar-refractivity contribution in [3.05, 3.63) is 28.2 Å². The number of carbonyl (C=O) groups excluding carboxylic acids is 1. The van der Waals surface area contributed by atoms with Gasteiger partial charge in [-0.2, -0.15) is 0 Å². The normalized spacial score (nSPS) is 26.4. The van der Waals surface area contributed by atoms with Crippen molar-refractivity contribution in [3.8, 4) is 5.75 Å². The topological polar surface area (TPSA) is 58.6 Å². The van der Waals surface area contributed by atoms with Gasteiger partial charge in [0.1, 0.15) is 5.75 Å². The summed E-state index contributed by atoms with van der Waals surface area (Å²) in [7, 11) is 0. The minimum Gasteiger partial charge on any atom is -0.507 e. The predicted molar refractivity (Wildman–Crippen MR) is 74.1 cm³/mol. The van der Waals surface area contributed by atoms with Crippen molar-refractivity contribution < 1.29 is 14.6 Å². The van der Waals surface area contributed by atoms with Gasteiger partial charge in [0.25, 0.3) is 5.91 Å². The third-order valence-electron chi connectivity index (χ3n) is 3.74. The molecule has 2 N–H and O–H groups in total. The molecule has 1 heterocycles. The lowest BCUT2D eigenvalue weighted by Gasteiger charge is -2.19. The van der Waals surface area contributed by atoms with Gasteiger partial charge >= 0.3 is 0 Å². The van der Waals surface area contributed by atoms with E-state index >= 15 is 0 Å². The molecule has 1 saturated carbocycles. The second kappa shape index (κ2) is 5.13. The van der Waals surface area contributed by atoms with Crippen LogP contribution >= 0.6 is 15.9 Å². The van der Waals surface area contributed by atoms with Crippen LogP contribution in [0.5, 0.6) is 5.75 Å². The first-order valence-corrected chi connectivity index (χ1v) is 7.35. The van der Waals surface area contributed by atoms with Crippen molar-refractivity contribution in [3.63, 3.8) is 0 Å². The summed E-state index contributed by atoms with van der Waals surface area (Å²) in [4.78, 5) is 12.2. The highest BCUT2D eigenvalue weighted by atomic mass is 79.9. The lowest BCUT2D eigenvalue weighted by atomic mass is 10.1. The first kappa shape index (κ1) is 12.9. The number of hydrogen-bond donors (Lipinski definition) is 2. The van der Waals surface area contributed by atoms with Gasteiger partial charge in [-0.1, -0.05) is 15.9 Å².